The molecule has 0 spiro atoms. The van der Waals surface area contributed by atoms with Crippen LogP contribution in [-0.4, -0.2) is 147 Å². The van der Waals surface area contributed by atoms with Crippen LogP contribution < -0.4 is 0 Å². The zero-order chi connectivity index (χ0) is 60.3. The van der Waals surface area contributed by atoms with Crippen molar-refractivity contribution in [1.82, 2.24) is 0 Å². The Hall–Kier alpha value is -6.88. The molecule has 0 aromatic heterocycles. The molecule has 24 heteroatoms. The van der Waals surface area contributed by atoms with E-state index >= 15 is 0 Å². The molecule has 4 saturated heterocycles. The second kappa shape index (κ2) is 22.7. The van der Waals surface area contributed by atoms with Crippen molar-refractivity contribution in [3.05, 3.63) is 24.3 Å². The number of rotatable bonds is 18. The van der Waals surface area contributed by atoms with Gasteiger partial charge in [0.05, 0.1) is 59.2 Å². The molecule has 14 aliphatic rings. The number of carbonyl (C=O) groups excluding carboxylic acids is 12. The first-order chi connectivity index (χ1) is 41.2. The minimum absolute atomic E-state index is 0.0175. The van der Waals surface area contributed by atoms with Gasteiger partial charge in [0.1, 0.15) is 75.3 Å². The van der Waals surface area contributed by atoms with E-state index in [1.165, 1.54) is 13.8 Å². The first-order valence-electron chi connectivity index (χ1n) is 30.8. The second-order valence-corrected chi connectivity index (χ2v) is 26.8. The molecule has 4 aliphatic heterocycles. The van der Waals surface area contributed by atoms with Crippen LogP contribution in [0.3, 0.4) is 0 Å². The molecule has 10 saturated carbocycles. The fourth-order valence-corrected chi connectivity index (χ4v) is 18.0. The lowest BCUT2D eigenvalue weighted by Crippen LogP contribution is -2.44. The van der Waals surface area contributed by atoms with Gasteiger partial charge in [0.25, 0.3) is 0 Å². The summed E-state index contributed by atoms with van der Waals surface area (Å²) in [5, 5.41) is 0. The van der Waals surface area contributed by atoms with Crippen LogP contribution in [0, 0.1) is 107 Å². The highest BCUT2D eigenvalue weighted by Crippen LogP contribution is 2.59. The molecule has 86 heavy (non-hydrogen) atoms. The summed E-state index contributed by atoms with van der Waals surface area (Å²) in [6, 6.07) is 0. The van der Waals surface area contributed by atoms with E-state index < -0.39 is 132 Å². The zero-order valence-electron chi connectivity index (χ0n) is 48.0. The Bertz CT molecular complexity index is 2930. The van der Waals surface area contributed by atoms with E-state index in [0.29, 0.717) is 38.5 Å². The summed E-state index contributed by atoms with van der Waals surface area (Å²) in [5.74, 6) is -10.6. The summed E-state index contributed by atoms with van der Waals surface area (Å²) >= 11 is 0. The molecule has 464 valence electrons. The van der Waals surface area contributed by atoms with Crippen LogP contribution in [0.1, 0.15) is 104 Å². The monoisotopic (exact) mass is 1200 g/mol. The van der Waals surface area contributed by atoms with E-state index in [2.05, 4.69) is 13.2 Å². The molecule has 0 radical (unpaired) electrons. The van der Waals surface area contributed by atoms with Crippen molar-refractivity contribution < 1.29 is 114 Å². The maximum absolute atomic E-state index is 13.7. The fraction of sp³-hybridized carbons (Fsp3) is 0.742. The van der Waals surface area contributed by atoms with E-state index in [-0.39, 0.29) is 158 Å². The van der Waals surface area contributed by atoms with E-state index in [9.17, 15) is 57.5 Å². The highest BCUT2D eigenvalue weighted by atomic mass is 16.6. The lowest BCUT2D eigenvalue weighted by atomic mass is 9.73. The van der Waals surface area contributed by atoms with Crippen molar-refractivity contribution in [1.29, 1.82) is 0 Å². The predicted octanol–water partition coefficient (Wildman–Crippen LogP) is 3.34. The van der Waals surface area contributed by atoms with Crippen molar-refractivity contribution in [3.8, 4) is 0 Å². The Balaban J connectivity index is 0.000000160. The van der Waals surface area contributed by atoms with Crippen molar-refractivity contribution in [2.24, 2.45) is 107 Å². The molecule has 0 N–H and O–H groups in total. The lowest BCUT2D eigenvalue weighted by Gasteiger charge is -2.35. The van der Waals surface area contributed by atoms with Gasteiger partial charge in [0.2, 0.25) is 0 Å². The van der Waals surface area contributed by atoms with Crippen molar-refractivity contribution in [2.45, 2.75) is 153 Å². The van der Waals surface area contributed by atoms with Gasteiger partial charge in [0, 0.05) is 58.5 Å². The number of ether oxygens (including phenoxy) is 12. The van der Waals surface area contributed by atoms with Crippen molar-refractivity contribution in [2.75, 3.05) is 26.4 Å². The van der Waals surface area contributed by atoms with Crippen molar-refractivity contribution >= 4 is 71.6 Å². The smallest absolute Gasteiger partial charge is 0.333 e. The van der Waals surface area contributed by atoms with E-state index in [0.717, 1.165) is 25.7 Å². The van der Waals surface area contributed by atoms with Crippen LogP contribution in [0.15, 0.2) is 24.3 Å². The highest BCUT2D eigenvalue weighted by molar-refractivity contribution is 5.88. The normalized spacial score (nSPS) is 42.8. The molecule has 0 amide bonds. The fourth-order valence-electron chi connectivity index (χ4n) is 18.0. The van der Waals surface area contributed by atoms with Gasteiger partial charge in [-0.15, -0.1) is 0 Å². The Morgan fingerprint density at radius 3 is 0.977 bits per heavy atom. The maximum Gasteiger partial charge on any atom is 0.333 e. The number of fused-ring (bicyclic) bond motifs is 4. The summed E-state index contributed by atoms with van der Waals surface area (Å²) in [6.07, 6.45) is 2.86. The molecule has 8 bridgehead atoms. The zero-order valence-corrected chi connectivity index (χ0v) is 48.0. The van der Waals surface area contributed by atoms with Crippen LogP contribution in [0.4, 0.5) is 0 Å². The van der Waals surface area contributed by atoms with Gasteiger partial charge < -0.3 is 56.8 Å². The molecule has 14 fully saturated rings. The van der Waals surface area contributed by atoms with Crippen LogP contribution in [0.25, 0.3) is 0 Å². The molecule has 24 nitrogen and oxygen atoms in total. The predicted molar refractivity (Wildman–Crippen MR) is 280 cm³/mol. The van der Waals surface area contributed by atoms with Gasteiger partial charge in [-0.05, 0) is 104 Å². The summed E-state index contributed by atoms with van der Waals surface area (Å²) in [6.45, 7) is 9.25. The Kier molecular flexibility index (Phi) is 15.3. The average molecular weight is 1200 g/mol. The molecule has 4 heterocycles. The minimum atomic E-state index is -0.984. The number of hydrogen-bond donors (Lipinski definition) is 0. The first-order valence-corrected chi connectivity index (χ1v) is 30.8. The Morgan fingerprint density at radius 2 is 0.640 bits per heavy atom. The maximum atomic E-state index is 13.7. The Morgan fingerprint density at radius 1 is 0.360 bits per heavy atom. The largest absolute Gasteiger partial charge is 0.462 e. The van der Waals surface area contributed by atoms with Crippen LogP contribution in [-0.2, 0) is 114 Å². The molecular weight excluding hydrogens is 1130 g/mol. The average Bonchev–Trinajstić information content (AvgIpc) is 1.79. The summed E-state index contributed by atoms with van der Waals surface area (Å²) < 4.78 is 66.6. The third-order valence-electron chi connectivity index (χ3n) is 22.1. The summed E-state index contributed by atoms with van der Waals surface area (Å²) in [4.78, 5) is 152. The highest BCUT2D eigenvalue weighted by Gasteiger charge is 2.67. The molecule has 0 aromatic carbocycles. The standard InChI is InChI=1S/2C31H36O12/c1-12(2)26(32)38-5-6-39-28(34)19-7-13(27(33)40-22-14-8-17-20(10-14)30(36)42-24(17)22)3-4-16(19)29(35)41-23-15-9-18-21(11-15)31(37)43-25(18)23;1-12(2)26(32)38-5-6-39-28(34)16-4-3-13(27(33)40-22-14-8-17-20(10-14)30(36)42-24(17)22)7-19(16)29(35)41-23-15-9-18-21(11-15)31(37)43-25(18)23/h2*13-25H,1,3-11H2,2H3. The van der Waals surface area contributed by atoms with E-state index in [1.54, 1.807) is 0 Å². The van der Waals surface area contributed by atoms with Crippen molar-refractivity contribution in [3.63, 3.8) is 0 Å². The number of esters is 12. The van der Waals surface area contributed by atoms with Crippen LogP contribution in [0.5, 0.6) is 0 Å². The molecule has 10 aliphatic carbocycles. The topological polar surface area (TPSA) is 316 Å². The molecule has 0 aromatic rings. The quantitative estimate of drug-likeness (QED) is 0.0822. The summed E-state index contributed by atoms with van der Waals surface area (Å²) in [7, 11) is 0. The van der Waals surface area contributed by atoms with Gasteiger partial charge in [0.15, 0.2) is 0 Å². The van der Waals surface area contributed by atoms with Gasteiger partial charge in [-0.25, -0.2) is 9.59 Å². The molecule has 26 atom stereocenters. The number of hydrogen-bond acceptors (Lipinski definition) is 24. The number of carbonyl (C=O) groups is 12. The third-order valence-corrected chi connectivity index (χ3v) is 22.1. The lowest BCUT2D eigenvalue weighted by molar-refractivity contribution is -0.178. The second-order valence-electron chi connectivity index (χ2n) is 26.8. The first kappa shape index (κ1) is 58.2. The minimum Gasteiger partial charge on any atom is -0.462 e. The van der Waals surface area contributed by atoms with E-state index in [1.807, 2.05) is 0 Å². The van der Waals surface area contributed by atoms with Crippen LogP contribution >= 0.6 is 0 Å². The summed E-state index contributed by atoms with van der Waals surface area (Å²) in [5.41, 5.74) is 0.427. The SMILES string of the molecule is C=C(C)C(=O)OCCOC(=O)C1CC(C(=O)OC2C3CC4C(=O)OC2C4C3)CCC1C(=O)OC1C2CC3C(=O)OC1C3C2.C=C(C)C(=O)OCCOC(=O)C1CCC(C(=O)OC2C3CC4C(=O)OC2C4C3)CC1C(=O)OC1C2CC3C(=O)OC1C3C2. The van der Waals surface area contributed by atoms with Gasteiger partial charge in [-0.1, -0.05) is 13.2 Å². The van der Waals surface area contributed by atoms with Gasteiger partial charge >= 0.3 is 71.6 Å². The Labute approximate surface area is 494 Å². The third kappa shape index (κ3) is 10.2. The van der Waals surface area contributed by atoms with E-state index in [4.69, 9.17) is 56.8 Å². The van der Waals surface area contributed by atoms with Gasteiger partial charge in [-0.2, -0.15) is 0 Å². The molecule has 26 unspecified atom stereocenters. The van der Waals surface area contributed by atoms with Crippen LogP contribution in [0.2, 0.25) is 0 Å². The van der Waals surface area contributed by atoms with Gasteiger partial charge in [-0.3, -0.25) is 47.9 Å². The molecule has 14 rings (SSSR count). The molecular formula is C62H72O24.